The number of nitrogens with one attached hydrogen (secondary N) is 1. The SMILES string of the molecule is CC(=O)NC(Cc1ccc(O)cc1)C(=O)N1CCCC1C(=O)OCOc1ccc([N+](=O)[O-])c2cccnc12. The molecule has 198 valence electrons. The van der Waals surface area contributed by atoms with Crippen molar-refractivity contribution in [2.45, 2.75) is 38.3 Å². The number of benzene rings is 2. The van der Waals surface area contributed by atoms with Gasteiger partial charge < -0.3 is 24.8 Å². The van der Waals surface area contributed by atoms with Crippen molar-refractivity contribution in [1.82, 2.24) is 15.2 Å². The molecule has 1 fully saturated rings. The highest BCUT2D eigenvalue weighted by Crippen LogP contribution is 2.31. The number of ether oxygens (including phenoxy) is 2. The van der Waals surface area contributed by atoms with Gasteiger partial charge in [-0.15, -0.1) is 0 Å². The molecule has 2 N–H and O–H groups in total. The molecule has 2 heterocycles. The van der Waals surface area contributed by atoms with E-state index in [1.807, 2.05) is 0 Å². The summed E-state index contributed by atoms with van der Waals surface area (Å²) in [5, 5.41) is 23.7. The molecular formula is C26H26N4O8. The number of aromatic hydroxyl groups is 1. The highest BCUT2D eigenvalue weighted by Gasteiger charge is 2.38. The molecule has 4 rings (SSSR count). The average molecular weight is 523 g/mol. The molecule has 0 spiro atoms. The van der Waals surface area contributed by atoms with E-state index in [9.17, 15) is 29.6 Å². The Bertz CT molecular complexity index is 1360. The minimum atomic E-state index is -0.903. The van der Waals surface area contributed by atoms with Gasteiger partial charge in [0.1, 0.15) is 29.1 Å². The van der Waals surface area contributed by atoms with Gasteiger partial charge in [0.2, 0.25) is 18.6 Å². The molecule has 3 aromatic rings. The second-order valence-electron chi connectivity index (χ2n) is 8.78. The summed E-state index contributed by atoms with van der Waals surface area (Å²) < 4.78 is 10.9. The normalized spacial score (nSPS) is 15.6. The molecule has 2 aromatic carbocycles. The molecule has 2 amide bonds. The van der Waals surface area contributed by atoms with Gasteiger partial charge in [0.15, 0.2) is 0 Å². The van der Waals surface area contributed by atoms with E-state index in [1.165, 1.54) is 42.3 Å². The Kier molecular flexibility index (Phi) is 8.00. The number of likely N-dealkylation sites (tertiary alicyclic amines) is 1. The second-order valence-corrected chi connectivity index (χ2v) is 8.78. The number of amides is 2. The van der Waals surface area contributed by atoms with Crippen LogP contribution in [-0.4, -0.2) is 63.1 Å². The fraction of sp³-hybridized carbons (Fsp3) is 0.308. The zero-order chi connectivity index (χ0) is 27.2. The Balaban J connectivity index is 1.41. The summed E-state index contributed by atoms with van der Waals surface area (Å²) in [6, 6.07) is 10.3. The summed E-state index contributed by atoms with van der Waals surface area (Å²) in [5.74, 6) is -1.19. The van der Waals surface area contributed by atoms with Crippen LogP contribution in [0.15, 0.2) is 54.7 Å². The summed E-state index contributed by atoms with van der Waals surface area (Å²) in [7, 11) is 0. The summed E-state index contributed by atoms with van der Waals surface area (Å²) >= 11 is 0. The maximum atomic E-state index is 13.4. The van der Waals surface area contributed by atoms with Crippen LogP contribution >= 0.6 is 0 Å². The predicted octanol–water partition coefficient (Wildman–Crippen LogP) is 2.47. The lowest BCUT2D eigenvalue weighted by atomic mass is 10.0. The number of rotatable bonds is 9. The molecule has 1 saturated heterocycles. The molecule has 0 saturated carbocycles. The zero-order valence-electron chi connectivity index (χ0n) is 20.5. The topological polar surface area (TPSA) is 161 Å². The lowest BCUT2D eigenvalue weighted by molar-refractivity contribution is -0.383. The summed E-state index contributed by atoms with van der Waals surface area (Å²) in [6.45, 7) is 1.15. The van der Waals surface area contributed by atoms with E-state index in [-0.39, 0.29) is 34.5 Å². The summed E-state index contributed by atoms with van der Waals surface area (Å²) in [4.78, 5) is 54.3. The molecule has 0 aliphatic carbocycles. The van der Waals surface area contributed by atoms with Gasteiger partial charge in [-0.3, -0.25) is 24.7 Å². The van der Waals surface area contributed by atoms with E-state index < -0.39 is 41.6 Å². The maximum absolute atomic E-state index is 13.4. The third-order valence-electron chi connectivity index (χ3n) is 6.18. The Morgan fingerprint density at radius 1 is 1.21 bits per heavy atom. The third-order valence-corrected chi connectivity index (χ3v) is 6.18. The van der Waals surface area contributed by atoms with Crippen LogP contribution in [0.25, 0.3) is 10.9 Å². The minimum Gasteiger partial charge on any atom is -0.508 e. The van der Waals surface area contributed by atoms with Crippen molar-refractivity contribution in [1.29, 1.82) is 0 Å². The molecule has 2 unspecified atom stereocenters. The molecule has 38 heavy (non-hydrogen) atoms. The number of pyridine rings is 1. The number of aromatic nitrogens is 1. The van der Waals surface area contributed by atoms with E-state index in [0.29, 0.717) is 19.4 Å². The molecule has 2 atom stereocenters. The Hall–Kier alpha value is -4.74. The van der Waals surface area contributed by atoms with Crippen molar-refractivity contribution in [2.75, 3.05) is 13.3 Å². The number of phenolic OH excluding ortho intramolecular Hbond substituents is 1. The van der Waals surface area contributed by atoms with Gasteiger partial charge in [0.25, 0.3) is 5.69 Å². The number of carbonyl (C=O) groups excluding carboxylic acids is 3. The third kappa shape index (κ3) is 5.97. The van der Waals surface area contributed by atoms with Crippen molar-refractivity contribution in [2.24, 2.45) is 0 Å². The number of nitrogens with zero attached hydrogens (tertiary/aromatic N) is 3. The highest BCUT2D eigenvalue weighted by atomic mass is 16.7. The first kappa shape index (κ1) is 26.3. The van der Waals surface area contributed by atoms with Gasteiger partial charge >= 0.3 is 5.97 Å². The van der Waals surface area contributed by atoms with Crippen LogP contribution in [-0.2, 0) is 25.5 Å². The van der Waals surface area contributed by atoms with Crippen molar-refractivity contribution in [3.63, 3.8) is 0 Å². The Morgan fingerprint density at radius 3 is 2.68 bits per heavy atom. The number of nitro benzene ring substituents is 1. The number of nitro groups is 1. The molecule has 1 aromatic heterocycles. The van der Waals surface area contributed by atoms with Gasteiger partial charge in [0.05, 0.1) is 10.3 Å². The number of non-ortho nitro benzene ring substituents is 1. The number of hydrogen-bond donors (Lipinski definition) is 2. The quantitative estimate of drug-likeness (QED) is 0.186. The van der Waals surface area contributed by atoms with Crippen molar-refractivity contribution in [3.8, 4) is 11.5 Å². The van der Waals surface area contributed by atoms with E-state index in [2.05, 4.69) is 10.3 Å². The average Bonchev–Trinajstić information content (AvgIpc) is 3.39. The van der Waals surface area contributed by atoms with E-state index in [1.54, 1.807) is 24.3 Å². The van der Waals surface area contributed by atoms with Crippen LogP contribution in [0.5, 0.6) is 11.5 Å². The number of phenols is 1. The first-order valence-corrected chi connectivity index (χ1v) is 11.9. The lowest BCUT2D eigenvalue weighted by Crippen LogP contribution is -2.52. The molecule has 1 aliphatic heterocycles. The maximum Gasteiger partial charge on any atom is 0.331 e. The van der Waals surface area contributed by atoms with Crippen LogP contribution in [0.3, 0.4) is 0 Å². The monoisotopic (exact) mass is 522 g/mol. The lowest BCUT2D eigenvalue weighted by Gasteiger charge is -2.28. The van der Waals surface area contributed by atoms with Gasteiger partial charge in [-0.2, -0.15) is 0 Å². The largest absolute Gasteiger partial charge is 0.508 e. The van der Waals surface area contributed by atoms with Crippen molar-refractivity contribution >= 4 is 34.4 Å². The van der Waals surface area contributed by atoms with Crippen molar-refractivity contribution < 1.29 is 33.9 Å². The summed E-state index contributed by atoms with van der Waals surface area (Å²) in [6.07, 6.45) is 2.62. The molecule has 0 radical (unpaired) electrons. The molecular weight excluding hydrogens is 496 g/mol. The molecule has 1 aliphatic rings. The van der Waals surface area contributed by atoms with E-state index >= 15 is 0 Å². The molecule has 12 heteroatoms. The number of carbonyl (C=O) groups is 3. The Morgan fingerprint density at radius 2 is 1.97 bits per heavy atom. The van der Waals surface area contributed by atoms with Crippen LogP contribution in [0, 0.1) is 10.1 Å². The van der Waals surface area contributed by atoms with Gasteiger partial charge in [-0.05, 0) is 48.7 Å². The van der Waals surface area contributed by atoms with Crippen LogP contribution in [0.4, 0.5) is 5.69 Å². The first-order valence-electron chi connectivity index (χ1n) is 11.9. The van der Waals surface area contributed by atoms with Gasteiger partial charge in [-0.25, -0.2) is 4.79 Å². The predicted molar refractivity (Wildman–Crippen MR) is 134 cm³/mol. The van der Waals surface area contributed by atoms with E-state index in [4.69, 9.17) is 9.47 Å². The fourth-order valence-electron chi connectivity index (χ4n) is 4.44. The van der Waals surface area contributed by atoms with Crippen LogP contribution < -0.4 is 10.1 Å². The number of hydrogen-bond acceptors (Lipinski definition) is 9. The smallest absolute Gasteiger partial charge is 0.331 e. The molecule has 0 bridgehead atoms. The van der Waals surface area contributed by atoms with Crippen molar-refractivity contribution in [3.05, 3.63) is 70.4 Å². The van der Waals surface area contributed by atoms with Gasteiger partial charge in [0, 0.05) is 32.2 Å². The fourth-order valence-corrected chi connectivity index (χ4v) is 4.44. The highest BCUT2D eigenvalue weighted by molar-refractivity contribution is 5.92. The standard InChI is InChI=1S/C26H26N4O8/c1-16(31)28-20(14-17-6-8-18(32)9-7-17)25(33)29-13-3-5-22(29)26(34)38-15-37-23-11-10-21(30(35)36)19-4-2-12-27-24(19)23/h2,4,6-12,20,22,32H,3,5,13-15H2,1H3,(H,28,31). The molecule has 12 nitrogen and oxygen atoms in total. The summed E-state index contributed by atoms with van der Waals surface area (Å²) in [5.41, 5.74) is 0.854. The zero-order valence-corrected chi connectivity index (χ0v) is 20.5. The van der Waals surface area contributed by atoms with Crippen LogP contribution in [0.2, 0.25) is 0 Å². The van der Waals surface area contributed by atoms with Gasteiger partial charge in [-0.1, -0.05) is 12.1 Å². The number of esters is 1. The Labute approximate surface area is 217 Å². The van der Waals surface area contributed by atoms with Crippen LogP contribution in [0.1, 0.15) is 25.3 Å². The van der Waals surface area contributed by atoms with E-state index in [0.717, 1.165) is 5.56 Å². The minimum absolute atomic E-state index is 0.0817. The number of fused-ring (bicyclic) bond motifs is 1. The first-order chi connectivity index (χ1) is 18.2. The second kappa shape index (κ2) is 11.5.